The van der Waals surface area contributed by atoms with Gasteiger partial charge in [-0.3, -0.25) is 0 Å². The maximum absolute atomic E-state index is 12.9. The third-order valence-corrected chi connectivity index (χ3v) is 5.48. The Balaban J connectivity index is 2.18. The van der Waals surface area contributed by atoms with E-state index in [4.69, 9.17) is 0 Å². The van der Waals surface area contributed by atoms with Gasteiger partial charge in [0.05, 0.1) is 22.8 Å². The maximum atomic E-state index is 12.9. The number of carbonyl (C=O) groups is 1. The summed E-state index contributed by atoms with van der Waals surface area (Å²) in [6.07, 6.45) is -4.29. The summed E-state index contributed by atoms with van der Waals surface area (Å²) in [5, 5.41) is 2.24. The molecule has 1 fully saturated rings. The van der Waals surface area contributed by atoms with Gasteiger partial charge in [0.25, 0.3) is 0 Å². The number of para-hydroxylation sites is 1. The van der Waals surface area contributed by atoms with E-state index in [2.05, 4.69) is 5.32 Å². The quantitative estimate of drug-likeness (QED) is 0.912. The fraction of sp³-hybridized carbons (Fsp3) is 0.500. The van der Waals surface area contributed by atoms with Crippen molar-refractivity contribution < 1.29 is 26.4 Å². The van der Waals surface area contributed by atoms with E-state index in [1.54, 1.807) is 6.92 Å². The summed E-state index contributed by atoms with van der Waals surface area (Å²) in [6, 6.07) is 3.43. The number of hydrogen-bond acceptors (Lipinski definition) is 3. The predicted octanol–water partition coefficient (Wildman–Crippen LogP) is 2.75. The molecule has 23 heavy (non-hydrogen) atoms. The second-order valence-electron chi connectivity index (χ2n) is 5.32. The summed E-state index contributed by atoms with van der Waals surface area (Å²) in [7, 11) is -3.19. The molecule has 0 aromatic heterocycles. The number of alkyl halides is 3. The van der Waals surface area contributed by atoms with Crippen LogP contribution in [-0.2, 0) is 16.0 Å². The van der Waals surface area contributed by atoms with Gasteiger partial charge in [-0.1, -0.05) is 12.1 Å². The molecule has 1 aromatic rings. The molecule has 5 nitrogen and oxygen atoms in total. The summed E-state index contributed by atoms with van der Waals surface area (Å²) >= 11 is 0. The standard InChI is InChI=1S/C14H17F3N2O3S/c1-2-19(10-7-8-23(21,22)9-10)13(20)18-12-6-4-3-5-11(12)14(15,16)17/h3-6,10H,2,7-9H2,1H3,(H,18,20). The number of benzene rings is 1. The zero-order chi connectivity index (χ0) is 17.3. The Labute approximate surface area is 132 Å². The first-order valence-corrected chi connectivity index (χ1v) is 8.90. The van der Waals surface area contributed by atoms with Crippen LogP contribution in [-0.4, -0.2) is 43.4 Å². The number of rotatable bonds is 3. The molecule has 2 rings (SSSR count). The molecule has 1 heterocycles. The molecule has 1 aliphatic heterocycles. The van der Waals surface area contributed by atoms with Crippen molar-refractivity contribution >= 4 is 21.6 Å². The highest BCUT2D eigenvalue weighted by molar-refractivity contribution is 7.91. The Hall–Kier alpha value is -1.77. The van der Waals surface area contributed by atoms with Gasteiger partial charge in [0.2, 0.25) is 0 Å². The van der Waals surface area contributed by atoms with Crippen molar-refractivity contribution in [3.8, 4) is 0 Å². The Morgan fingerprint density at radius 3 is 2.52 bits per heavy atom. The molecule has 0 radical (unpaired) electrons. The predicted molar refractivity (Wildman–Crippen MR) is 79.9 cm³/mol. The van der Waals surface area contributed by atoms with E-state index in [1.165, 1.54) is 23.1 Å². The van der Waals surface area contributed by atoms with E-state index in [9.17, 15) is 26.4 Å². The van der Waals surface area contributed by atoms with Crippen molar-refractivity contribution in [2.24, 2.45) is 0 Å². The lowest BCUT2D eigenvalue weighted by Crippen LogP contribution is -2.43. The summed E-state index contributed by atoms with van der Waals surface area (Å²) in [5.41, 5.74) is -1.28. The summed E-state index contributed by atoms with van der Waals surface area (Å²) in [6.45, 7) is 1.86. The van der Waals surface area contributed by atoms with Gasteiger partial charge in [-0.25, -0.2) is 13.2 Å². The average Bonchev–Trinajstić information content (AvgIpc) is 2.79. The SMILES string of the molecule is CCN(C(=O)Nc1ccccc1C(F)(F)F)C1CCS(=O)(=O)C1. The molecule has 1 aliphatic rings. The first kappa shape index (κ1) is 17.6. The molecule has 2 amide bonds. The number of nitrogens with one attached hydrogen (secondary N) is 1. The van der Waals surface area contributed by atoms with Crippen molar-refractivity contribution in [1.29, 1.82) is 0 Å². The topological polar surface area (TPSA) is 66.5 Å². The van der Waals surface area contributed by atoms with Crippen molar-refractivity contribution in [3.05, 3.63) is 29.8 Å². The minimum absolute atomic E-state index is 0.0133. The lowest BCUT2D eigenvalue weighted by Gasteiger charge is -2.27. The molecule has 1 saturated heterocycles. The van der Waals surface area contributed by atoms with E-state index in [0.29, 0.717) is 6.42 Å². The number of urea groups is 1. The van der Waals surface area contributed by atoms with Gasteiger partial charge in [-0.15, -0.1) is 0 Å². The highest BCUT2D eigenvalue weighted by Gasteiger charge is 2.36. The molecule has 9 heteroatoms. The van der Waals surface area contributed by atoms with Crippen molar-refractivity contribution in [3.63, 3.8) is 0 Å². The van der Waals surface area contributed by atoms with E-state index >= 15 is 0 Å². The Kier molecular flexibility index (Phi) is 4.88. The molecular formula is C14H17F3N2O3S. The molecule has 1 aromatic carbocycles. The second kappa shape index (κ2) is 6.38. The minimum atomic E-state index is -4.59. The number of sulfone groups is 1. The number of amides is 2. The van der Waals surface area contributed by atoms with Crippen LogP contribution in [0.5, 0.6) is 0 Å². The lowest BCUT2D eigenvalue weighted by molar-refractivity contribution is -0.136. The number of hydrogen-bond donors (Lipinski definition) is 1. The number of halogens is 3. The van der Waals surface area contributed by atoms with Gasteiger partial charge >= 0.3 is 12.2 Å². The molecular weight excluding hydrogens is 333 g/mol. The van der Waals surface area contributed by atoms with E-state index in [1.807, 2.05) is 0 Å². The van der Waals surface area contributed by atoms with Crippen LogP contribution in [0.1, 0.15) is 18.9 Å². The van der Waals surface area contributed by atoms with Crippen LogP contribution < -0.4 is 5.32 Å². The van der Waals surface area contributed by atoms with Gasteiger partial charge in [0.15, 0.2) is 9.84 Å². The monoisotopic (exact) mass is 350 g/mol. The molecule has 128 valence electrons. The summed E-state index contributed by atoms with van der Waals surface area (Å²) in [4.78, 5) is 13.5. The molecule has 1 atom stereocenters. The van der Waals surface area contributed by atoms with Gasteiger partial charge in [-0.2, -0.15) is 13.2 Å². The van der Waals surface area contributed by atoms with E-state index in [-0.39, 0.29) is 23.7 Å². The molecule has 0 bridgehead atoms. The number of carbonyl (C=O) groups excluding carboxylic acids is 1. The van der Waals surface area contributed by atoms with Crippen molar-refractivity contribution in [2.45, 2.75) is 25.6 Å². The minimum Gasteiger partial charge on any atom is -0.321 e. The van der Waals surface area contributed by atoms with Gasteiger partial charge in [-0.05, 0) is 25.5 Å². The number of anilines is 1. The third-order valence-electron chi connectivity index (χ3n) is 3.72. The molecule has 0 aliphatic carbocycles. The zero-order valence-corrected chi connectivity index (χ0v) is 13.2. The largest absolute Gasteiger partial charge is 0.418 e. The van der Waals surface area contributed by atoms with Crippen molar-refractivity contribution in [1.82, 2.24) is 4.90 Å². The van der Waals surface area contributed by atoms with E-state index in [0.717, 1.165) is 6.07 Å². The smallest absolute Gasteiger partial charge is 0.321 e. The summed E-state index contributed by atoms with van der Waals surface area (Å²) < 4.78 is 61.9. The fourth-order valence-electron chi connectivity index (χ4n) is 2.62. The van der Waals surface area contributed by atoms with Crippen molar-refractivity contribution in [2.75, 3.05) is 23.4 Å². The Morgan fingerprint density at radius 1 is 1.35 bits per heavy atom. The first-order chi connectivity index (χ1) is 10.6. The molecule has 1 N–H and O–H groups in total. The van der Waals surface area contributed by atoms with Crippen LogP contribution in [0.25, 0.3) is 0 Å². The van der Waals surface area contributed by atoms with Crippen LogP contribution in [0.15, 0.2) is 24.3 Å². The van der Waals surface area contributed by atoms with E-state index < -0.39 is 33.6 Å². The molecule has 0 saturated carbocycles. The Morgan fingerprint density at radius 2 is 2.00 bits per heavy atom. The first-order valence-electron chi connectivity index (χ1n) is 7.08. The van der Waals surface area contributed by atoms with Gasteiger partial charge in [0.1, 0.15) is 0 Å². The lowest BCUT2D eigenvalue weighted by atomic mass is 10.1. The average molecular weight is 350 g/mol. The van der Waals surface area contributed by atoms with Gasteiger partial charge < -0.3 is 10.2 Å². The molecule has 1 unspecified atom stereocenters. The summed E-state index contributed by atoms with van der Waals surface area (Å²) in [5.74, 6) is -0.171. The maximum Gasteiger partial charge on any atom is 0.418 e. The highest BCUT2D eigenvalue weighted by Crippen LogP contribution is 2.34. The number of nitrogens with zero attached hydrogens (tertiary/aromatic N) is 1. The van der Waals surface area contributed by atoms with Crippen LogP contribution in [0.4, 0.5) is 23.7 Å². The van der Waals surface area contributed by atoms with Gasteiger partial charge in [0, 0.05) is 12.6 Å². The van der Waals surface area contributed by atoms with Crippen LogP contribution >= 0.6 is 0 Å². The normalized spacial score (nSPS) is 20.3. The zero-order valence-electron chi connectivity index (χ0n) is 12.4. The second-order valence-corrected chi connectivity index (χ2v) is 7.55. The van der Waals surface area contributed by atoms with Crippen LogP contribution in [0.3, 0.4) is 0 Å². The third kappa shape index (κ3) is 4.15. The Bertz CT molecular complexity index is 689. The van der Waals surface area contributed by atoms with Crippen LogP contribution in [0.2, 0.25) is 0 Å². The highest BCUT2D eigenvalue weighted by atomic mass is 32.2. The van der Waals surface area contributed by atoms with Crippen LogP contribution in [0, 0.1) is 0 Å². The molecule has 0 spiro atoms. The fourth-order valence-corrected chi connectivity index (χ4v) is 4.35.